The molecule has 0 heterocycles. The zero-order chi connectivity index (χ0) is 17.0. The van der Waals surface area contributed by atoms with Crippen molar-refractivity contribution in [2.24, 2.45) is 0 Å². The molecule has 116 valence electrons. The van der Waals surface area contributed by atoms with E-state index in [0.717, 1.165) is 6.92 Å². The Balaban J connectivity index is 0.000000326. The highest BCUT2D eigenvalue weighted by molar-refractivity contribution is 5.85. The Labute approximate surface area is 127 Å². The normalized spacial score (nSPS) is 8.41. The van der Waals surface area contributed by atoms with E-state index < -0.39 is 17.9 Å². The molecular weight excluding hydrogens is 288 g/mol. The summed E-state index contributed by atoms with van der Waals surface area (Å²) in [6.07, 6.45) is 0. The summed E-state index contributed by atoms with van der Waals surface area (Å²) in [5, 5.41) is 29.1. The van der Waals surface area contributed by atoms with Crippen LogP contribution in [0, 0.1) is 0 Å². The van der Waals surface area contributed by atoms with Crippen molar-refractivity contribution in [2.45, 2.75) is 6.92 Å². The quantitative estimate of drug-likeness (QED) is 0.691. The summed E-state index contributed by atoms with van der Waals surface area (Å²) in [6, 6.07) is 16.1. The number of carboxylic acid groups (broad SMARTS) is 3. The Morgan fingerprint density at radius 1 is 0.636 bits per heavy atom. The van der Waals surface area contributed by atoms with E-state index in [1.54, 1.807) is 36.4 Å². The van der Waals surface area contributed by atoms with Gasteiger partial charge in [0.2, 0.25) is 0 Å². The largest absolute Gasteiger partial charge is 0.550 e. The Kier molecular flexibility index (Phi) is 9.10. The van der Waals surface area contributed by atoms with Crippen molar-refractivity contribution in [3.05, 3.63) is 71.8 Å². The Bertz CT molecular complexity index is 539. The Morgan fingerprint density at radius 3 is 1.00 bits per heavy atom. The summed E-state index contributed by atoms with van der Waals surface area (Å²) in [7, 11) is 0. The highest BCUT2D eigenvalue weighted by Gasteiger charge is 1.86. The van der Waals surface area contributed by atoms with Crippen molar-refractivity contribution in [1.82, 2.24) is 0 Å². The molecule has 0 amide bonds. The van der Waals surface area contributed by atoms with Gasteiger partial charge in [-0.3, -0.25) is 0 Å². The van der Waals surface area contributed by atoms with Crippen LogP contribution in [-0.4, -0.2) is 17.9 Å². The van der Waals surface area contributed by atoms with Crippen molar-refractivity contribution in [3.63, 3.8) is 0 Å². The fraction of sp³-hybridized carbons (Fsp3) is 0.0625. The van der Waals surface area contributed by atoms with Crippen LogP contribution in [0.5, 0.6) is 0 Å². The van der Waals surface area contributed by atoms with Gasteiger partial charge in [0.25, 0.3) is 0 Å². The molecule has 0 fully saturated rings. The van der Waals surface area contributed by atoms with Crippen LogP contribution in [0.1, 0.15) is 27.6 Å². The van der Waals surface area contributed by atoms with Gasteiger partial charge in [-0.1, -0.05) is 60.7 Å². The summed E-state index contributed by atoms with van der Waals surface area (Å²) in [5.41, 5.74) is 0.440. The monoisotopic (exact) mass is 301 g/mol. The van der Waals surface area contributed by atoms with E-state index >= 15 is 0 Å². The lowest BCUT2D eigenvalue weighted by Gasteiger charge is -1.97. The van der Waals surface area contributed by atoms with Crippen LogP contribution in [0.2, 0.25) is 0 Å². The molecule has 0 saturated heterocycles. The average molecular weight is 301 g/mol. The highest BCUT2D eigenvalue weighted by Crippen LogP contribution is 1.95. The summed E-state index contributed by atoms with van der Waals surface area (Å²) in [6.45, 7) is 0.972. The van der Waals surface area contributed by atoms with Gasteiger partial charge in [-0.15, -0.1) is 0 Å². The average Bonchev–Trinajstić information content (AvgIpc) is 2.49. The highest BCUT2D eigenvalue weighted by atomic mass is 16.4. The maximum Gasteiger partial charge on any atom is 0.0715 e. The van der Waals surface area contributed by atoms with Crippen LogP contribution in [0.15, 0.2) is 60.7 Å². The van der Waals surface area contributed by atoms with Gasteiger partial charge in [0.05, 0.1) is 11.9 Å². The van der Waals surface area contributed by atoms with Crippen LogP contribution < -0.4 is 15.3 Å². The minimum absolute atomic E-state index is 0.220. The molecule has 6 heteroatoms. The van der Waals surface area contributed by atoms with Crippen molar-refractivity contribution >= 4 is 17.9 Å². The van der Waals surface area contributed by atoms with Gasteiger partial charge >= 0.3 is 0 Å². The number of carboxylic acids is 3. The van der Waals surface area contributed by atoms with Crippen LogP contribution in [0.25, 0.3) is 0 Å². The maximum absolute atomic E-state index is 10.1. The van der Waals surface area contributed by atoms with Gasteiger partial charge in [-0.25, -0.2) is 0 Å². The maximum atomic E-state index is 10.1. The fourth-order valence-electron chi connectivity index (χ4n) is 1.15. The summed E-state index contributed by atoms with van der Waals surface area (Å²) in [4.78, 5) is 29.1. The third kappa shape index (κ3) is 9.74. The summed E-state index contributed by atoms with van der Waals surface area (Å²) >= 11 is 0. The van der Waals surface area contributed by atoms with E-state index in [-0.39, 0.29) is 11.1 Å². The van der Waals surface area contributed by atoms with E-state index in [1.807, 2.05) is 0 Å². The third-order valence-electron chi connectivity index (χ3n) is 2.02. The van der Waals surface area contributed by atoms with Gasteiger partial charge in [0, 0.05) is 5.97 Å². The van der Waals surface area contributed by atoms with Gasteiger partial charge in [0.15, 0.2) is 0 Å². The number of benzene rings is 2. The molecule has 0 saturated carbocycles. The number of rotatable bonds is 2. The van der Waals surface area contributed by atoms with Crippen LogP contribution in [0.4, 0.5) is 0 Å². The van der Waals surface area contributed by atoms with E-state index in [0.29, 0.717) is 0 Å². The molecule has 0 aliphatic heterocycles. The molecule has 22 heavy (non-hydrogen) atoms. The molecule has 6 nitrogen and oxygen atoms in total. The third-order valence-corrected chi connectivity index (χ3v) is 2.02. The lowest BCUT2D eigenvalue weighted by atomic mass is 10.2. The van der Waals surface area contributed by atoms with E-state index in [1.165, 1.54) is 24.3 Å². The molecule has 0 radical (unpaired) electrons. The zero-order valence-corrected chi connectivity index (χ0v) is 11.7. The van der Waals surface area contributed by atoms with Gasteiger partial charge in [0.1, 0.15) is 0 Å². The zero-order valence-electron chi connectivity index (χ0n) is 11.7. The number of aliphatic carboxylic acids is 1. The molecule has 0 unspecified atom stereocenters. The molecule has 0 aromatic heterocycles. The molecule has 0 spiro atoms. The van der Waals surface area contributed by atoms with Crippen molar-refractivity contribution in [1.29, 1.82) is 0 Å². The summed E-state index contributed by atoms with van der Waals surface area (Å²) in [5.74, 6) is -3.34. The van der Waals surface area contributed by atoms with E-state index in [9.17, 15) is 19.8 Å². The predicted molar refractivity (Wildman–Crippen MR) is 72.2 cm³/mol. The van der Waals surface area contributed by atoms with Crippen LogP contribution in [-0.2, 0) is 4.79 Å². The Hall–Kier alpha value is -3.15. The van der Waals surface area contributed by atoms with Crippen LogP contribution in [0.3, 0.4) is 0 Å². The summed E-state index contributed by atoms with van der Waals surface area (Å²) < 4.78 is 0. The second-order valence-corrected chi connectivity index (χ2v) is 3.80. The topological polar surface area (TPSA) is 120 Å². The molecule has 2 aromatic carbocycles. The van der Waals surface area contributed by atoms with Crippen molar-refractivity contribution in [2.75, 3.05) is 0 Å². The van der Waals surface area contributed by atoms with Crippen LogP contribution >= 0.6 is 0 Å². The molecule has 2 rings (SSSR count). The second kappa shape index (κ2) is 10.6. The smallest absolute Gasteiger partial charge is 0.0715 e. The van der Waals surface area contributed by atoms with E-state index in [2.05, 4.69) is 0 Å². The van der Waals surface area contributed by atoms with Gasteiger partial charge in [-0.2, -0.15) is 0 Å². The van der Waals surface area contributed by atoms with Crippen molar-refractivity contribution < 1.29 is 29.7 Å². The van der Waals surface area contributed by atoms with Crippen molar-refractivity contribution in [3.8, 4) is 0 Å². The first kappa shape index (κ1) is 18.9. The molecule has 0 aliphatic carbocycles. The first-order chi connectivity index (χ1) is 10.3. The van der Waals surface area contributed by atoms with Gasteiger partial charge in [-0.05, 0) is 18.1 Å². The standard InChI is InChI=1S/2C7H6O2.C2H4O2/c2*8-7(9)6-4-2-1-3-5-6;1-2(3)4/h2*1-5H,(H,8,9);1H3,(H,3,4)/p-3. The SMILES string of the molecule is CC(=O)[O-].O=C([O-])c1ccccc1.O=C([O-])c1ccccc1. The second-order valence-electron chi connectivity index (χ2n) is 3.80. The predicted octanol–water partition coefficient (Wildman–Crippen LogP) is -1.14. The molecule has 2 aromatic rings. The molecule has 0 N–H and O–H groups in total. The number of carbonyl (C=O) groups is 3. The first-order valence-electron chi connectivity index (χ1n) is 6.05. The molecule has 0 bridgehead atoms. The lowest BCUT2D eigenvalue weighted by Crippen LogP contribution is -2.21. The van der Waals surface area contributed by atoms with E-state index in [4.69, 9.17) is 9.90 Å². The molecule has 0 aliphatic rings. The molecular formula is C16H13O6-3. The number of hydrogen-bond donors (Lipinski definition) is 0. The Morgan fingerprint density at radius 2 is 0.864 bits per heavy atom. The van der Waals surface area contributed by atoms with Gasteiger partial charge < -0.3 is 29.7 Å². The minimum atomic E-state index is -1.13. The lowest BCUT2D eigenvalue weighted by molar-refractivity contribution is -0.302. The number of hydrogen-bond acceptors (Lipinski definition) is 6. The number of aromatic carboxylic acids is 2. The molecule has 0 atom stereocenters. The first-order valence-corrected chi connectivity index (χ1v) is 6.05. The minimum Gasteiger partial charge on any atom is -0.550 e. The fourth-order valence-corrected chi connectivity index (χ4v) is 1.15. The number of carbonyl (C=O) groups excluding carboxylic acids is 3.